The van der Waals surface area contributed by atoms with Gasteiger partial charge in [0.15, 0.2) is 15.9 Å². The monoisotopic (exact) mass is 457 g/mol. The molecule has 31 heavy (non-hydrogen) atoms. The Balaban J connectivity index is 1.47. The van der Waals surface area contributed by atoms with Crippen molar-refractivity contribution in [3.63, 3.8) is 0 Å². The van der Waals surface area contributed by atoms with Gasteiger partial charge in [-0.25, -0.2) is 23.2 Å². The molecule has 0 unspecified atom stereocenters. The van der Waals surface area contributed by atoms with E-state index in [1.54, 1.807) is 18.2 Å². The lowest BCUT2D eigenvalue weighted by molar-refractivity contribution is 0.0923. The second-order valence-corrected chi connectivity index (χ2v) is 10.2. The fourth-order valence-electron chi connectivity index (χ4n) is 3.42. The molecule has 3 aromatic heterocycles. The highest BCUT2D eigenvalue weighted by Crippen LogP contribution is 2.31. The average molecular weight is 458 g/mol. The number of pyridine rings is 2. The average Bonchev–Trinajstić information content (AvgIpc) is 3.47. The highest BCUT2D eigenvalue weighted by atomic mass is 32.2. The van der Waals surface area contributed by atoms with Gasteiger partial charge in [0.05, 0.1) is 18.1 Å². The van der Waals surface area contributed by atoms with E-state index in [-0.39, 0.29) is 26.1 Å². The van der Waals surface area contributed by atoms with Crippen LogP contribution in [-0.2, 0) is 9.84 Å². The fraction of sp³-hybridized carbons (Fsp3) is 0.250. The van der Waals surface area contributed by atoms with Crippen LogP contribution in [0.25, 0.3) is 0 Å². The van der Waals surface area contributed by atoms with E-state index in [0.29, 0.717) is 11.3 Å². The van der Waals surface area contributed by atoms with Crippen LogP contribution >= 0.6 is 11.3 Å². The molecule has 3 aromatic rings. The van der Waals surface area contributed by atoms with E-state index in [1.807, 2.05) is 0 Å². The first-order valence-electron chi connectivity index (χ1n) is 9.63. The third-order valence-electron chi connectivity index (χ3n) is 4.94. The molecule has 0 aliphatic heterocycles. The maximum absolute atomic E-state index is 12.8. The van der Waals surface area contributed by atoms with E-state index in [9.17, 15) is 18.0 Å². The summed E-state index contributed by atoms with van der Waals surface area (Å²) in [5.41, 5.74) is 0.712. The smallest absolute Gasteiger partial charge is 0.305 e. The Labute approximate surface area is 182 Å². The van der Waals surface area contributed by atoms with Crippen molar-refractivity contribution in [3.05, 3.63) is 54.6 Å². The number of aromatic nitrogens is 3. The summed E-state index contributed by atoms with van der Waals surface area (Å²) in [5, 5.41) is 5.12. The van der Waals surface area contributed by atoms with Gasteiger partial charge in [-0.1, -0.05) is 30.2 Å². The molecule has 0 spiro atoms. The molecule has 1 saturated carbocycles. The number of anilines is 2. The largest absolute Gasteiger partial charge is 0.325 e. The van der Waals surface area contributed by atoms with Gasteiger partial charge in [-0.05, 0) is 31.0 Å². The van der Waals surface area contributed by atoms with Crippen molar-refractivity contribution in [2.45, 2.75) is 34.9 Å². The molecule has 9 nitrogen and oxygen atoms in total. The number of hydrogen-bond acceptors (Lipinski definition) is 8. The topological polar surface area (TPSA) is 131 Å². The molecule has 2 N–H and O–H groups in total. The van der Waals surface area contributed by atoms with E-state index < -0.39 is 15.9 Å². The quantitative estimate of drug-likeness (QED) is 0.539. The zero-order valence-corrected chi connectivity index (χ0v) is 17.9. The molecular formula is C20H19N5O4S2. The number of amides is 2. The molecule has 0 atom stereocenters. The molecule has 2 amide bonds. The fourth-order valence-corrected chi connectivity index (χ4v) is 5.75. The van der Waals surface area contributed by atoms with Crippen LogP contribution < -0.4 is 10.6 Å². The number of rotatable bonds is 6. The van der Waals surface area contributed by atoms with Gasteiger partial charge in [0.1, 0.15) is 4.21 Å². The summed E-state index contributed by atoms with van der Waals surface area (Å²) in [6.07, 6.45) is 9.24. The van der Waals surface area contributed by atoms with Gasteiger partial charge in [0.25, 0.3) is 0 Å². The summed E-state index contributed by atoms with van der Waals surface area (Å²) in [7, 11) is -3.82. The minimum absolute atomic E-state index is 0.00631. The van der Waals surface area contributed by atoms with E-state index in [4.69, 9.17) is 0 Å². The van der Waals surface area contributed by atoms with E-state index >= 15 is 0 Å². The zero-order chi connectivity index (χ0) is 21.8. The van der Waals surface area contributed by atoms with Crippen molar-refractivity contribution in [2.75, 3.05) is 10.6 Å². The second kappa shape index (κ2) is 8.90. The van der Waals surface area contributed by atoms with Gasteiger partial charge in [-0.3, -0.25) is 15.1 Å². The number of carbonyl (C=O) groups excluding carboxylic acids is 2. The van der Waals surface area contributed by atoms with E-state index in [2.05, 4.69) is 25.6 Å². The molecule has 1 aliphatic carbocycles. The summed E-state index contributed by atoms with van der Waals surface area (Å²) >= 11 is 0.811. The first kappa shape index (κ1) is 21.1. The number of Topliss-reactive ketones (excluding diaryl/α,β-unsaturated/α-hetero) is 1. The number of nitrogens with one attached hydrogen (secondary N) is 2. The highest BCUT2D eigenvalue weighted by molar-refractivity contribution is 7.93. The predicted molar refractivity (Wildman–Crippen MR) is 115 cm³/mol. The van der Waals surface area contributed by atoms with Crippen LogP contribution in [0.1, 0.15) is 36.0 Å². The van der Waals surface area contributed by atoms with Crippen LogP contribution in [0.15, 0.2) is 58.3 Å². The van der Waals surface area contributed by atoms with Crippen LogP contribution in [0.3, 0.4) is 0 Å². The van der Waals surface area contributed by atoms with Gasteiger partial charge >= 0.3 is 6.03 Å². The number of carbonyl (C=O) groups is 2. The molecular weight excluding hydrogens is 438 g/mol. The maximum Gasteiger partial charge on any atom is 0.325 e. The summed E-state index contributed by atoms with van der Waals surface area (Å²) in [6.45, 7) is 0. The van der Waals surface area contributed by atoms with Crippen LogP contribution in [0.2, 0.25) is 0 Å². The molecule has 3 heterocycles. The summed E-state index contributed by atoms with van der Waals surface area (Å²) in [6, 6.07) is 5.53. The summed E-state index contributed by atoms with van der Waals surface area (Å²) < 4.78 is 25.2. The van der Waals surface area contributed by atoms with Crippen molar-refractivity contribution in [1.82, 2.24) is 15.0 Å². The van der Waals surface area contributed by atoms with Crippen molar-refractivity contribution in [2.24, 2.45) is 5.92 Å². The molecule has 0 radical (unpaired) electrons. The first-order valence-corrected chi connectivity index (χ1v) is 11.9. The lowest BCUT2D eigenvalue weighted by atomic mass is 9.96. The number of ketones is 1. The third kappa shape index (κ3) is 4.62. The minimum Gasteiger partial charge on any atom is -0.305 e. The Bertz CT molecular complexity index is 1210. The third-order valence-corrected chi connectivity index (χ3v) is 7.99. The van der Waals surface area contributed by atoms with Crippen molar-refractivity contribution in [3.8, 4) is 0 Å². The SMILES string of the molecule is O=C(Nc1ncc(S(=O)(=O)c2ccccn2)s1)Nc1cnccc1C(=O)C1CCCC1. The van der Waals surface area contributed by atoms with Crippen molar-refractivity contribution >= 4 is 43.8 Å². The highest BCUT2D eigenvalue weighted by Gasteiger charge is 2.26. The number of hydrogen-bond donors (Lipinski definition) is 2. The van der Waals surface area contributed by atoms with Crippen molar-refractivity contribution in [1.29, 1.82) is 0 Å². The Kier molecular flexibility index (Phi) is 6.05. The summed E-state index contributed by atoms with van der Waals surface area (Å²) in [4.78, 5) is 37.0. The van der Waals surface area contributed by atoms with Crippen LogP contribution in [0.4, 0.5) is 15.6 Å². The van der Waals surface area contributed by atoms with Gasteiger partial charge in [0.2, 0.25) is 9.84 Å². The van der Waals surface area contributed by atoms with Crippen LogP contribution in [0.5, 0.6) is 0 Å². The molecule has 1 fully saturated rings. The van der Waals surface area contributed by atoms with Gasteiger partial charge in [-0.15, -0.1) is 0 Å². The molecule has 160 valence electrons. The number of thiazole rings is 1. The first-order chi connectivity index (χ1) is 14.9. The van der Waals surface area contributed by atoms with Gasteiger partial charge < -0.3 is 5.32 Å². The van der Waals surface area contributed by atoms with Crippen molar-refractivity contribution < 1.29 is 18.0 Å². The Hall–Kier alpha value is -3.18. The van der Waals surface area contributed by atoms with Gasteiger partial charge in [-0.2, -0.15) is 0 Å². The normalized spacial score (nSPS) is 14.3. The number of sulfone groups is 1. The number of nitrogens with zero attached hydrogens (tertiary/aromatic N) is 3. The second-order valence-electron chi connectivity index (χ2n) is 7.00. The number of urea groups is 1. The predicted octanol–water partition coefficient (Wildman–Crippen LogP) is 3.78. The molecule has 0 bridgehead atoms. The summed E-state index contributed by atoms with van der Waals surface area (Å²) in [5.74, 6) is -0.0440. The lowest BCUT2D eigenvalue weighted by Gasteiger charge is -2.13. The standard InChI is InChI=1S/C20H19N5O4S2/c26-18(13-5-1-2-6-13)14-8-10-21-11-15(14)24-19(27)25-20-23-12-17(30-20)31(28,29)16-7-3-4-9-22-16/h3-4,7-13H,1-2,5-6H2,(H2,23,24,25,27). The minimum atomic E-state index is -3.82. The molecule has 0 aromatic carbocycles. The maximum atomic E-state index is 12.8. The molecule has 0 saturated heterocycles. The Morgan fingerprint density at radius 2 is 1.81 bits per heavy atom. The van der Waals surface area contributed by atoms with Crippen LogP contribution in [-0.4, -0.2) is 35.2 Å². The van der Waals surface area contributed by atoms with E-state index in [0.717, 1.165) is 37.0 Å². The Morgan fingerprint density at radius 1 is 1.00 bits per heavy atom. The zero-order valence-electron chi connectivity index (χ0n) is 16.3. The van der Waals surface area contributed by atoms with Crippen LogP contribution in [0, 0.1) is 5.92 Å². The molecule has 1 aliphatic rings. The molecule has 11 heteroatoms. The van der Waals surface area contributed by atoms with Gasteiger partial charge in [0, 0.05) is 23.9 Å². The lowest BCUT2D eigenvalue weighted by Crippen LogP contribution is -2.22. The van der Waals surface area contributed by atoms with E-state index in [1.165, 1.54) is 30.9 Å². The Morgan fingerprint density at radius 3 is 2.55 bits per heavy atom. The molecule has 4 rings (SSSR count).